The van der Waals surface area contributed by atoms with Crippen LogP contribution in [0, 0.1) is 0 Å². The molecule has 0 aliphatic rings. The summed E-state index contributed by atoms with van der Waals surface area (Å²) in [4.78, 5) is 0. The van der Waals surface area contributed by atoms with Gasteiger partial charge in [-0.2, -0.15) is 0 Å². The predicted octanol–water partition coefficient (Wildman–Crippen LogP) is 3.74. The minimum atomic E-state index is 0.950. The fraction of sp³-hybridized carbons (Fsp3) is 0.478. The second-order valence-electron chi connectivity index (χ2n) is 6.77. The number of hydrogen-bond acceptors (Lipinski definition) is 3. The van der Waals surface area contributed by atoms with Crippen molar-refractivity contribution < 1.29 is 0 Å². The van der Waals surface area contributed by atoms with Crippen molar-refractivity contribution in [3.8, 4) is 0 Å². The number of rotatable bonds is 14. The molecule has 2 aromatic rings. The maximum atomic E-state index is 3.60. The molecule has 0 atom stereocenters. The van der Waals surface area contributed by atoms with Gasteiger partial charge in [-0.15, -0.1) is 0 Å². The Bertz CT molecular complexity index is 583. The lowest BCUT2D eigenvalue weighted by Gasteiger charge is -2.11. The summed E-state index contributed by atoms with van der Waals surface area (Å²) in [7, 11) is 0. The van der Waals surface area contributed by atoms with Gasteiger partial charge >= 0.3 is 0 Å². The molecule has 3 N–H and O–H groups in total. The summed E-state index contributed by atoms with van der Waals surface area (Å²) in [5.41, 5.74) is 4.20. The molecule has 26 heavy (non-hydrogen) atoms. The first-order valence-electron chi connectivity index (χ1n) is 10.1. The highest BCUT2D eigenvalue weighted by Gasteiger charge is 2.02. The van der Waals surface area contributed by atoms with Crippen LogP contribution in [0.4, 0.5) is 0 Å². The second-order valence-corrected chi connectivity index (χ2v) is 6.77. The fourth-order valence-electron chi connectivity index (χ4n) is 3.08. The molecule has 2 rings (SSSR count). The van der Waals surface area contributed by atoms with E-state index in [9.17, 15) is 0 Å². The van der Waals surface area contributed by atoms with Gasteiger partial charge in [0.15, 0.2) is 0 Å². The third-order valence-corrected chi connectivity index (χ3v) is 4.59. The summed E-state index contributed by atoms with van der Waals surface area (Å²) in [5.74, 6) is 0. The Morgan fingerprint density at radius 2 is 1.23 bits per heavy atom. The molecule has 0 aromatic heterocycles. The van der Waals surface area contributed by atoms with E-state index in [1.54, 1.807) is 0 Å². The minimum absolute atomic E-state index is 0.950. The van der Waals surface area contributed by atoms with Crippen molar-refractivity contribution in [2.75, 3.05) is 32.7 Å². The number of nitrogens with one attached hydrogen (secondary N) is 3. The third-order valence-electron chi connectivity index (χ3n) is 4.59. The van der Waals surface area contributed by atoms with Crippen LogP contribution in [-0.4, -0.2) is 32.7 Å². The monoisotopic (exact) mass is 353 g/mol. The Morgan fingerprint density at radius 1 is 0.615 bits per heavy atom. The van der Waals surface area contributed by atoms with E-state index in [1.807, 2.05) is 0 Å². The Morgan fingerprint density at radius 3 is 2.00 bits per heavy atom. The highest BCUT2D eigenvalue weighted by Crippen LogP contribution is 2.14. The third kappa shape index (κ3) is 8.61. The molecule has 0 spiro atoms. The zero-order valence-corrected chi connectivity index (χ0v) is 16.3. The van der Waals surface area contributed by atoms with Gasteiger partial charge in [0.05, 0.1) is 0 Å². The van der Waals surface area contributed by atoms with Crippen molar-refractivity contribution >= 4 is 0 Å². The molecule has 3 nitrogen and oxygen atoms in total. The summed E-state index contributed by atoms with van der Waals surface area (Å²) >= 11 is 0. The molecule has 0 aliphatic heterocycles. The van der Waals surface area contributed by atoms with E-state index in [2.05, 4.69) is 77.5 Å². The number of hydrogen-bond donors (Lipinski definition) is 3. The summed E-state index contributed by atoms with van der Waals surface area (Å²) in [6.45, 7) is 8.61. The van der Waals surface area contributed by atoms with Crippen LogP contribution in [0.1, 0.15) is 42.9 Å². The lowest BCUT2D eigenvalue weighted by Crippen LogP contribution is -2.23. The molecule has 0 amide bonds. The molecule has 0 saturated carbocycles. The zero-order chi connectivity index (χ0) is 18.3. The maximum absolute atomic E-state index is 3.60. The average molecular weight is 354 g/mol. The van der Waals surface area contributed by atoms with Crippen LogP contribution in [0.2, 0.25) is 0 Å². The molecule has 0 bridgehead atoms. The molecule has 0 fully saturated rings. The van der Waals surface area contributed by atoms with E-state index in [0.717, 1.165) is 45.7 Å². The molecule has 3 heteroatoms. The quantitative estimate of drug-likeness (QED) is 0.453. The van der Waals surface area contributed by atoms with Crippen molar-refractivity contribution in [2.24, 2.45) is 0 Å². The molecule has 0 heterocycles. The largest absolute Gasteiger partial charge is 0.317 e. The smallest absolute Gasteiger partial charge is 0.0208 e. The van der Waals surface area contributed by atoms with Gasteiger partial charge in [-0.3, -0.25) is 0 Å². The SMILES string of the molecule is CCNCCCCNCCCNCc1ccccc1Cc1ccccc1. The fourth-order valence-corrected chi connectivity index (χ4v) is 3.08. The van der Waals surface area contributed by atoms with Crippen molar-refractivity contribution in [1.29, 1.82) is 0 Å². The zero-order valence-electron chi connectivity index (χ0n) is 16.3. The Balaban J connectivity index is 1.58. The van der Waals surface area contributed by atoms with Crippen molar-refractivity contribution in [3.63, 3.8) is 0 Å². The molecular weight excluding hydrogens is 318 g/mol. The lowest BCUT2D eigenvalue weighted by atomic mass is 10.00. The number of unbranched alkanes of at least 4 members (excludes halogenated alkanes) is 1. The first kappa shape index (κ1) is 20.6. The molecular formula is C23H35N3. The van der Waals surface area contributed by atoms with E-state index in [0.29, 0.717) is 0 Å². The molecule has 0 saturated heterocycles. The Hall–Kier alpha value is -1.68. The van der Waals surface area contributed by atoms with Crippen LogP contribution >= 0.6 is 0 Å². The van der Waals surface area contributed by atoms with Crippen LogP contribution in [0.15, 0.2) is 54.6 Å². The normalized spacial score (nSPS) is 11.0. The molecule has 142 valence electrons. The summed E-state index contributed by atoms with van der Waals surface area (Å²) in [6.07, 6.45) is 4.70. The topological polar surface area (TPSA) is 36.1 Å². The van der Waals surface area contributed by atoms with Crippen LogP contribution in [0.25, 0.3) is 0 Å². The first-order chi connectivity index (χ1) is 12.9. The minimum Gasteiger partial charge on any atom is -0.317 e. The van der Waals surface area contributed by atoms with Crippen LogP contribution in [0.5, 0.6) is 0 Å². The van der Waals surface area contributed by atoms with Gasteiger partial charge in [0, 0.05) is 6.54 Å². The highest BCUT2D eigenvalue weighted by atomic mass is 14.9. The van der Waals surface area contributed by atoms with Crippen LogP contribution in [-0.2, 0) is 13.0 Å². The van der Waals surface area contributed by atoms with Crippen molar-refractivity contribution in [1.82, 2.24) is 16.0 Å². The second kappa shape index (κ2) is 13.5. The van der Waals surface area contributed by atoms with E-state index >= 15 is 0 Å². The van der Waals surface area contributed by atoms with Crippen molar-refractivity contribution in [2.45, 2.75) is 39.2 Å². The van der Waals surface area contributed by atoms with Crippen molar-refractivity contribution in [3.05, 3.63) is 71.3 Å². The van der Waals surface area contributed by atoms with Crippen LogP contribution < -0.4 is 16.0 Å². The van der Waals surface area contributed by atoms with E-state index in [4.69, 9.17) is 0 Å². The molecule has 0 radical (unpaired) electrons. The van der Waals surface area contributed by atoms with E-state index < -0.39 is 0 Å². The Kier molecular flexibility index (Phi) is 10.7. The average Bonchev–Trinajstić information content (AvgIpc) is 2.68. The Labute approximate surface area is 159 Å². The lowest BCUT2D eigenvalue weighted by molar-refractivity contribution is 0.562. The summed E-state index contributed by atoms with van der Waals surface area (Å²) in [6, 6.07) is 19.5. The highest BCUT2D eigenvalue weighted by molar-refractivity contribution is 5.32. The van der Waals surface area contributed by atoms with Gasteiger partial charge in [-0.05, 0) is 75.1 Å². The molecule has 0 aliphatic carbocycles. The first-order valence-corrected chi connectivity index (χ1v) is 10.1. The number of benzene rings is 2. The predicted molar refractivity (Wildman–Crippen MR) is 113 cm³/mol. The maximum Gasteiger partial charge on any atom is 0.0208 e. The van der Waals surface area contributed by atoms with Gasteiger partial charge in [-0.25, -0.2) is 0 Å². The van der Waals surface area contributed by atoms with Gasteiger partial charge in [-0.1, -0.05) is 61.5 Å². The summed E-state index contributed by atoms with van der Waals surface area (Å²) < 4.78 is 0. The standard InChI is InChI=1S/C23H35N3/c1-2-24-15-8-9-16-25-17-10-18-26-20-23-14-7-6-13-22(23)19-21-11-4-3-5-12-21/h3-7,11-14,24-26H,2,8-10,15-20H2,1H3. The van der Waals surface area contributed by atoms with Gasteiger partial charge in [0.1, 0.15) is 0 Å². The van der Waals surface area contributed by atoms with E-state index in [-0.39, 0.29) is 0 Å². The molecule has 0 unspecified atom stereocenters. The van der Waals surface area contributed by atoms with Gasteiger partial charge in [0.2, 0.25) is 0 Å². The van der Waals surface area contributed by atoms with Gasteiger partial charge in [0.25, 0.3) is 0 Å². The van der Waals surface area contributed by atoms with E-state index in [1.165, 1.54) is 36.0 Å². The van der Waals surface area contributed by atoms with Gasteiger partial charge < -0.3 is 16.0 Å². The summed E-state index contributed by atoms with van der Waals surface area (Å²) in [5, 5.41) is 10.5. The van der Waals surface area contributed by atoms with Crippen LogP contribution in [0.3, 0.4) is 0 Å². The molecule has 2 aromatic carbocycles.